The van der Waals surface area contributed by atoms with Crippen LogP contribution in [-0.4, -0.2) is 25.1 Å². The molecule has 7 heteroatoms. The van der Waals surface area contributed by atoms with Gasteiger partial charge < -0.3 is 20.1 Å². The van der Waals surface area contributed by atoms with Crippen LogP contribution in [0.5, 0.6) is 11.5 Å². The maximum atomic E-state index is 12.4. The third kappa shape index (κ3) is 4.53. The minimum Gasteiger partial charge on any atom is -0.497 e. The van der Waals surface area contributed by atoms with Crippen LogP contribution in [0.3, 0.4) is 0 Å². The van der Waals surface area contributed by atoms with Gasteiger partial charge in [-0.25, -0.2) is 4.98 Å². The Morgan fingerprint density at radius 3 is 2.50 bits per heavy atom. The van der Waals surface area contributed by atoms with Gasteiger partial charge in [0.2, 0.25) is 0 Å². The minimum atomic E-state index is -0.307. The summed E-state index contributed by atoms with van der Waals surface area (Å²) in [5.41, 5.74) is 3.36. The van der Waals surface area contributed by atoms with Crippen LogP contribution >= 0.6 is 11.6 Å². The van der Waals surface area contributed by atoms with E-state index in [2.05, 4.69) is 15.6 Å². The molecule has 6 nitrogen and oxygen atoms in total. The molecule has 3 aromatic rings. The first-order valence-corrected chi connectivity index (χ1v) is 8.90. The van der Waals surface area contributed by atoms with Crippen LogP contribution in [0.1, 0.15) is 16.1 Å². The second-order valence-corrected chi connectivity index (χ2v) is 6.47. The van der Waals surface area contributed by atoms with Crippen LogP contribution in [0.2, 0.25) is 5.02 Å². The molecule has 0 atom stereocenters. The Morgan fingerprint density at radius 1 is 1.00 bits per heavy atom. The number of aromatic nitrogens is 1. The summed E-state index contributed by atoms with van der Waals surface area (Å²) in [6.45, 7) is 1.90. The van der Waals surface area contributed by atoms with Gasteiger partial charge in [0, 0.05) is 16.8 Å². The zero-order chi connectivity index (χ0) is 20.1. The number of hydrogen-bond donors (Lipinski definition) is 2. The van der Waals surface area contributed by atoms with Gasteiger partial charge in [-0.3, -0.25) is 4.79 Å². The fourth-order valence-corrected chi connectivity index (χ4v) is 2.75. The highest BCUT2D eigenvalue weighted by atomic mass is 35.5. The van der Waals surface area contributed by atoms with Gasteiger partial charge in [-0.15, -0.1) is 0 Å². The topological polar surface area (TPSA) is 72.5 Å². The maximum Gasteiger partial charge on any atom is 0.274 e. The smallest absolute Gasteiger partial charge is 0.274 e. The molecular weight excluding hydrogens is 378 g/mol. The molecule has 0 spiro atoms. The first-order chi connectivity index (χ1) is 13.5. The number of halogens is 1. The van der Waals surface area contributed by atoms with Crippen LogP contribution < -0.4 is 20.1 Å². The SMILES string of the molecule is COc1ccc(Nc2ccc(C(=O)Nc3cc(Cl)ccc3C)nc2)c(OC)c1. The van der Waals surface area contributed by atoms with Crippen molar-refractivity contribution in [3.8, 4) is 11.5 Å². The molecule has 0 unspecified atom stereocenters. The Bertz CT molecular complexity index is 991. The normalized spacial score (nSPS) is 10.3. The summed E-state index contributed by atoms with van der Waals surface area (Å²) in [6, 6.07) is 14.2. The molecule has 2 aromatic carbocycles. The van der Waals surface area contributed by atoms with E-state index >= 15 is 0 Å². The van der Waals surface area contributed by atoms with Crippen LogP contribution in [-0.2, 0) is 0 Å². The Morgan fingerprint density at radius 2 is 1.82 bits per heavy atom. The van der Waals surface area contributed by atoms with Crippen LogP contribution in [0.25, 0.3) is 0 Å². The average Bonchev–Trinajstić information content (AvgIpc) is 2.71. The first kappa shape index (κ1) is 19.5. The number of pyridine rings is 1. The third-order valence-corrected chi connectivity index (χ3v) is 4.37. The van der Waals surface area contributed by atoms with Gasteiger partial charge in [0.15, 0.2) is 0 Å². The highest BCUT2D eigenvalue weighted by molar-refractivity contribution is 6.31. The quantitative estimate of drug-likeness (QED) is 0.608. The number of anilines is 3. The van der Waals surface area contributed by atoms with Crippen LogP contribution in [0.15, 0.2) is 54.7 Å². The number of ether oxygens (including phenoxy) is 2. The molecule has 1 amide bonds. The lowest BCUT2D eigenvalue weighted by Gasteiger charge is -2.13. The van der Waals surface area contributed by atoms with Gasteiger partial charge in [0.1, 0.15) is 17.2 Å². The molecule has 3 rings (SSSR count). The predicted molar refractivity (Wildman–Crippen MR) is 111 cm³/mol. The molecule has 2 N–H and O–H groups in total. The molecular formula is C21H20ClN3O3. The summed E-state index contributed by atoms with van der Waals surface area (Å²) >= 11 is 5.99. The summed E-state index contributed by atoms with van der Waals surface area (Å²) < 4.78 is 10.6. The molecule has 0 aliphatic rings. The monoisotopic (exact) mass is 397 g/mol. The maximum absolute atomic E-state index is 12.4. The second kappa shape index (κ2) is 8.63. The molecule has 0 saturated carbocycles. The van der Waals surface area contributed by atoms with E-state index < -0.39 is 0 Å². The number of carbonyl (C=O) groups excluding carboxylic acids is 1. The largest absolute Gasteiger partial charge is 0.497 e. The molecule has 1 aromatic heterocycles. The van der Waals surface area contributed by atoms with Gasteiger partial charge in [0.05, 0.1) is 31.8 Å². The Hall–Kier alpha value is -3.25. The number of methoxy groups -OCH3 is 2. The Labute approximate surface area is 168 Å². The summed E-state index contributed by atoms with van der Waals surface area (Å²) in [4.78, 5) is 16.7. The van der Waals surface area contributed by atoms with Crippen molar-refractivity contribution in [1.82, 2.24) is 4.98 Å². The highest BCUT2D eigenvalue weighted by Crippen LogP contribution is 2.31. The average molecular weight is 398 g/mol. The number of rotatable bonds is 6. The molecule has 0 fully saturated rings. The predicted octanol–water partition coefficient (Wildman–Crippen LogP) is 5.06. The van der Waals surface area contributed by atoms with E-state index in [9.17, 15) is 4.79 Å². The van der Waals surface area contributed by atoms with E-state index in [4.69, 9.17) is 21.1 Å². The van der Waals surface area contributed by atoms with Crippen LogP contribution in [0.4, 0.5) is 17.1 Å². The van der Waals surface area contributed by atoms with Crippen molar-refractivity contribution < 1.29 is 14.3 Å². The number of nitrogens with one attached hydrogen (secondary N) is 2. The third-order valence-electron chi connectivity index (χ3n) is 4.13. The van der Waals surface area contributed by atoms with E-state index in [1.54, 1.807) is 50.7 Å². The Balaban J connectivity index is 1.73. The van der Waals surface area contributed by atoms with Crippen molar-refractivity contribution in [3.05, 3.63) is 71.0 Å². The summed E-state index contributed by atoms with van der Waals surface area (Å²) in [5.74, 6) is 1.03. The Kier molecular flexibility index (Phi) is 6.01. The van der Waals surface area contributed by atoms with Crippen molar-refractivity contribution in [2.75, 3.05) is 24.9 Å². The standard InChI is InChI=1S/C21H20ClN3O3/c1-13-4-5-14(22)10-19(13)25-21(26)18-8-6-15(12-23-18)24-17-9-7-16(27-2)11-20(17)28-3/h4-12,24H,1-3H3,(H,25,26). The van der Waals surface area contributed by atoms with Crippen molar-refractivity contribution >= 4 is 34.6 Å². The van der Waals surface area contributed by atoms with E-state index in [1.165, 1.54) is 0 Å². The van der Waals surface area contributed by atoms with Crippen molar-refractivity contribution in [3.63, 3.8) is 0 Å². The van der Waals surface area contributed by atoms with Gasteiger partial charge in [-0.1, -0.05) is 17.7 Å². The fourth-order valence-electron chi connectivity index (χ4n) is 2.57. The number of amides is 1. The summed E-state index contributed by atoms with van der Waals surface area (Å²) in [5, 5.41) is 6.60. The second-order valence-electron chi connectivity index (χ2n) is 6.04. The van der Waals surface area contributed by atoms with E-state index in [-0.39, 0.29) is 5.91 Å². The lowest BCUT2D eigenvalue weighted by Crippen LogP contribution is -2.14. The lowest BCUT2D eigenvalue weighted by atomic mass is 10.2. The molecule has 0 bridgehead atoms. The highest BCUT2D eigenvalue weighted by Gasteiger charge is 2.11. The van der Waals surface area contributed by atoms with E-state index in [0.717, 1.165) is 16.9 Å². The summed E-state index contributed by atoms with van der Waals surface area (Å²) in [7, 11) is 3.18. The van der Waals surface area contributed by atoms with Gasteiger partial charge in [0.25, 0.3) is 5.91 Å². The first-order valence-electron chi connectivity index (χ1n) is 8.53. The number of aryl methyl sites for hydroxylation is 1. The zero-order valence-corrected chi connectivity index (χ0v) is 16.5. The van der Waals surface area contributed by atoms with E-state index in [0.29, 0.717) is 27.9 Å². The molecule has 0 radical (unpaired) electrons. The minimum absolute atomic E-state index is 0.298. The molecule has 0 saturated heterocycles. The molecule has 0 aliphatic heterocycles. The van der Waals surface area contributed by atoms with Crippen LogP contribution in [0, 0.1) is 6.92 Å². The lowest BCUT2D eigenvalue weighted by molar-refractivity contribution is 0.102. The van der Waals surface area contributed by atoms with Crippen molar-refractivity contribution in [2.45, 2.75) is 6.92 Å². The van der Waals surface area contributed by atoms with Gasteiger partial charge in [-0.2, -0.15) is 0 Å². The zero-order valence-electron chi connectivity index (χ0n) is 15.7. The molecule has 28 heavy (non-hydrogen) atoms. The van der Waals surface area contributed by atoms with Gasteiger partial charge in [-0.05, 0) is 48.9 Å². The van der Waals surface area contributed by atoms with Gasteiger partial charge >= 0.3 is 0 Å². The number of carbonyl (C=O) groups is 1. The van der Waals surface area contributed by atoms with E-state index in [1.807, 2.05) is 25.1 Å². The molecule has 0 aliphatic carbocycles. The van der Waals surface area contributed by atoms with Crippen molar-refractivity contribution in [2.24, 2.45) is 0 Å². The number of benzene rings is 2. The molecule has 1 heterocycles. The number of hydrogen-bond acceptors (Lipinski definition) is 5. The molecule has 144 valence electrons. The van der Waals surface area contributed by atoms with Crippen molar-refractivity contribution in [1.29, 1.82) is 0 Å². The number of nitrogens with zero attached hydrogens (tertiary/aromatic N) is 1. The summed E-state index contributed by atoms with van der Waals surface area (Å²) in [6.07, 6.45) is 1.59. The fraction of sp³-hybridized carbons (Fsp3) is 0.143.